The number of nitrogens with two attached hydrogens (primary N) is 1. The Balaban J connectivity index is 0.00000312. The van der Waals surface area contributed by atoms with E-state index in [2.05, 4.69) is 19.2 Å². The average molecular weight is 349 g/mol. The van der Waals surface area contributed by atoms with Gasteiger partial charge in [0.15, 0.2) is 0 Å². The Morgan fingerprint density at radius 2 is 1.92 bits per heavy atom. The summed E-state index contributed by atoms with van der Waals surface area (Å²) >= 11 is 0. The van der Waals surface area contributed by atoms with Crippen molar-refractivity contribution in [3.63, 3.8) is 0 Å². The maximum absolute atomic E-state index is 12.9. The number of nitrogens with zero attached hydrogens (tertiary/aromatic N) is 1. The molecule has 25 heavy (non-hydrogen) atoms. The molecule has 5 N–H and O–H groups in total. The second-order valence-corrected chi connectivity index (χ2v) is 7.78. The zero-order valence-corrected chi connectivity index (χ0v) is 15.6. The minimum Gasteiger partial charge on any atom is -0.412 e. The van der Waals surface area contributed by atoms with Crippen LogP contribution in [0.3, 0.4) is 0 Å². The molecule has 1 aliphatic heterocycles. The Hall–Kier alpha value is -1.92. The first kappa shape index (κ1) is 21.1. The van der Waals surface area contributed by atoms with Crippen molar-refractivity contribution < 1.29 is 15.1 Å². The second-order valence-electron chi connectivity index (χ2n) is 7.78. The fourth-order valence-electron chi connectivity index (χ4n) is 3.21. The second kappa shape index (κ2) is 8.45. The summed E-state index contributed by atoms with van der Waals surface area (Å²) in [7, 11) is 0. The number of rotatable bonds is 5. The molecule has 1 fully saturated rings. The number of carbonyl (C=O) groups is 2. The third-order valence-corrected chi connectivity index (χ3v) is 4.30. The maximum atomic E-state index is 12.9. The van der Waals surface area contributed by atoms with E-state index in [9.17, 15) is 9.59 Å². The summed E-state index contributed by atoms with van der Waals surface area (Å²) in [6.07, 6.45) is 1.12. The zero-order chi connectivity index (χ0) is 17.9. The molecule has 140 valence electrons. The standard InChI is InChI=1S/C19H29N3O2.H2O/c1-13(2)10-16-17(23)21-19(3,4)12-22(16)18(24)15(20)11-14-8-6-5-7-9-14;/h5-9,13,15-16H,10-12,20H2,1-4H3,(H,21,23);1H2/t15-,16?;/m0./s1. The molecule has 6 heteroatoms. The molecule has 2 atom stereocenters. The van der Waals surface area contributed by atoms with Crippen LogP contribution in [0, 0.1) is 5.92 Å². The SMILES string of the molecule is CC(C)CC1C(=O)NC(C)(C)CN1C(=O)[C@@H](N)Cc1ccccc1.O. The maximum Gasteiger partial charge on any atom is 0.243 e. The van der Waals surface area contributed by atoms with Crippen molar-refractivity contribution in [2.24, 2.45) is 11.7 Å². The van der Waals surface area contributed by atoms with Gasteiger partial charge in [-0.1, -0.05) is 44.2 Å². The Bertz CT molecular complexity index is 587. The van der Waals surface area contributed by atoms with Gasteiger partial charge in [0.25, 0.3) is 0 Å². The van der Waals surface area contributed by atoms with Gasteiger partial charge in [-0.05, 0) is 38.2 Å². The number of amides is 2. The Kier molecular flexibility index (Phi) is 7.14. The van der Waals surface area contributed by atoms with E-state index in [0.29, 0.717) is 25.3 Å². The molecule has 2 amide bonds. The molecular weight excluding hydrogens is 318 g/mol. The average Bonchev–Trinajstić information content (AvgIpc) is 2.49. The lowest BCUT2D eigenvalue weighted by Crippen LogP contribution is -2.67. The summed E-state index contributed by atoms with van der Waals surface area (Å²) in [5.74, 6) is 0.0928. The molecule has 1 aromatic rings. The fourth-order valence-corrected chi connectivity index (χ4v) is 3.21. The summed E-state index contributed by atoms with van der Waals surface area (Å²) in [6.45, 7) is 8.45. The number of benzene rings is 1. The van der Waals surface area contributed by atoms with Crippen molar-refractivity contribution in [2.75, 3.05) is 6.54 Å². The van der Waals surface area contributed by atoms with E-state index in [1.54, 1.807) is 4.90 Å². The summed E-state index contributed by atoms with van der Waals surface area (Å²) in [4.78, 5) is 27.1. The van der Waals surface area contributed by atoms with Crippen LogP contribution < -0.4 is 11.1 Å². The quantitative estimate of drug-likeness (QED) is 0.824. The first-order valence-electron chi connectivity index (χ1n) is 8.61. The predicted molar refractivity (Wildman–Crippen MR) is 98.9 cm³/mol. The lowest BCUT2D eigenvalue weighted by atomic mass is 9.92. The molecule has 0 radical (unpaired) electrons. The van der Waals surface area contributed by atoms with E-state index < -0.39 is 17.6 Å². The molecule has 0 aromatic heterocycles. The van der Waals surface area contributed by atoms with E-state index in [1.165, 1.54) is 0 Å². The highest BCUT2D eigenvalue weighted by Crippen LogP contribution is 2.22. The van der Waals surface area contributed by atoms with Crippen LogP contribution in [0.4, 0.5) is 0 Å². The van der Waals surface area contributed by atoms with Gasteiger partial charge in [-0.25, -0.2) is 0 Å². The highest BCUT2D eigenvalue weighted by molar-refractivity contribution is 5.91. The largest absolute Gasteiger partial charge is 0.412 e. The molecule has 6 nitrogen and oxygen atoms in total. The Labute approximate surface area is 150 Å². The van der Waals surface area contributed by atoms with Crippen LogP contribution in [0.5, 0.6) is 0 Å². The van der Waals surface area contributed by atoms with Gasteiger partial charge in [0.1, 0.15) is 6.04 Å². The molecule has 0 spiro atoms. The van der Waals surface area contributed by atoms with Gasteiger partial charge >= 0.3 is 0 Å². The molecular formula is C19H31N3O3. The minimum absolute atomic E-state index is 0. The van der Waals surface area contributed by atoms with Gasteiger partial charge in [-0.3, -0.25) is 9.59 Å². The highest BCUT2D eigenvalue weighted by atomic mass is 16.2. The van der Waals surface area contributed by atoms with Crippen LogP contribution in [0.1, 0.15) is 39.7 Å². The van der Waals surface area contributed by atoms with E-state index in [1.807, 2.05) is 44.2 Å². The van der Waals surface area contributed by atoms with Gasteiger partial charge in [-0.2, -0.15) is 0 Å². The third-order valence-electron chi connectivity index (χ3n) is 4.30. The van der Waals surface area contributed by atoms with Gasteiger partial charge in [0.2, 0.25) is 11.8 Å². The molecule has 0 aliphatic carbocycles. The van der Waals surface area contributed by atoms with Gasteiger partial charge in [0, 0.05) is 6.54 Å². The monoisotopic (exact) mass is 349 g/mol. The Morgan fingerprint density at radius 3 is 2.48 bits per heavy atom. The van der Waals surface area contributed by atoms with Crippen LogP contribution in [0.2, 0.25) is 0 Å². The Morgan fingerprint density at radius 1 is 1.32 bits per heavy atom. The third kappa shape index (κ3) is 5.54. The normalized spacial score (nSPS) is 20.6. The van der Waals surface area contributed by atoms with E-state index in [0.717, 1.165) is 5.56 Å². The summed E-state index contributed by atoms with van der Waals surface area (Å²) < 4.78 is 0. The lowest BCUT2D eigenvalue weighted by molar-refractivity contribution is -0.148. The number of piperazine rings is 1. The van der Waals surface area contributed by atoms with E-state index in [4.69, 9.17) is 5.73 Å². The number of nitrogens with one attached hydrogen (secondary N) is 1. The van der Waals surface area contributed by atoms with Crippen LogP contribution in [0.15, 0.2) is 30.3 Å². The highest BCUT2D eigenvalue weighted by Gasteiger charge is 2.42. The first-order chi connectivity index (χ1) is 11.2. The van der Waals surface area contributed by atoms with Gasteiger partial charge < -0.3 is 21.4 Å². The van der Waals surface area contributed by atoms with Crippen molar-refractivity contribution in [3.8, 4) is 0 Å². The first-order valence-corrected chi connectivity index (χ1v) is 8.61. The summed E-state index contributed by atoms with van der Waals surface area (Å²) in [6, 6.07) is 8.66. The van der Waals surface area contributed by atoms with Crippen LogP contribution in [0.25, 0.3) is 0 Å². The van der Waals surface area contributed by atoms with Crippen molar-refractivity contribution in [1.82, 2.24) is 10.2 Å². The summed E-state index contributed by atoms with van der Waals surface area (Å²) in [5, 5.41) is 3.01. The molecule has 0 bridgehead atoms. The number of hydrogen-bond donors (Lipinski definition) is 2. The number of hydrogen-bond acceptors (Lipinski definition) is 3. The molecule has 1 heterocycles. The van der Waals surface area contributed by atoms with Crippen molar-refractivity contribution >= 4 is 11.8 Å². The van der Waals surface area contributed by atoms with E-state index in [-0.39, 0.29) is 17.3 Å². The molecule has 1 aliphatic rings. The minimum atomic E-state index is -0.635. The molecule has 1 saturated heterocycles. The smallest absolute Gasteiger partial charge is 0.243 e. The number of carbonyl (C=O) groups excluding carboxylic acids is 2. The van der Waals surface area contributed by atoms with Crippen molar-refractivity contribution in [1.29, 1.82) is 0 Å². The fraction of sp³-hybridized carbons (Fsp3) is 0.579. The zero-order valence-electron chi connectivity index (χ0n) is 15.6. The van der Waals surface area contributed by atoms with Gasteiger partial charge in [-0.15, -0.1) is 0 Å². The van der Waals surface area contributed by atoms with Crippen LogP contribution >= 0.6 is 0 Å². The molecule has 2 rings (SSSR count). The lowest BCUT2D eigenvalue weighted by Gasteiger charge is -2.45. The predicted octanol–water partition coefficient (Wildman–Crippen LogP) is 0.883. The summed E-state index contributed by atoms with van der Waals surface area (Å²) in [5.41, 5.74) is 6.77. The molecule has 0 saturated carbocycles. The van der Waals surface area contributed by atoms with Crippen LogP contribution in [-0.4, -0.2) is 46.4 Å². The van der Waals surface area contributed by atoms with Gasteiger partial charge in [0.05, 0.1) is 11.6 Å². The topological polar surface area (TPSA) is 107 Å². The van der Waals surface area contributed by atoms with E-state index >= 15 is 0 Å². The molecule has 1 aromatic carbocycles. The van der Waals surface area contributed by atoms with Crippen molar-refractivity contribution in [2.45, 2.75) is 58.2 Å². The molecule has 1 unspecified atom stereocenters. The van der Waals surface area contributed by atoms with Crippen LogP contribution in [-0.2, 0) is 16.0 Å². The van der Waals surface area contributed by atoms with Crippen molar-refractivity contribution in [3.05, 3.63) is 35.9 Å².